The summed E-state index contributed by atoms with van der Waals surface area (Å²) in [6.45, 7) is 10.00. The van der Waals surface area contributed by atoms with Crippen LogP contribution in [-0.4, -0.2) is 55.0 Å². The van der Waals surface area contributed by atoms with E-state index in [9.17, 15) is 0 Å². The first-order valence-electron chi connectivity index (χ1n) is 6.78. The van der Waals surface area contributed by atoms with Gasteiger partial charge in [-0.05, 0) is 33.6 Å². The fourth-order valence-electron chi connectivity index (χ4n) is 3.45. The van der Waals surface area contributed by atoms with Gasteiger partial charge >= 0.3 is 0 Å². The van der Waals surface area contributed by atoms with Gasteiger partial charge in [-0.2, -0.15) is 0 Å². The van der Waals surface area contributed by atoms with Crippen LogP contribution in [0, 0.1) is 0 Å². The zero-order valence-electron chi connectivity index (χ0n) is 11.3. The molecule has 100 valence electrons. The monoisotopic (exact) mass is 242 g/mol. The van der Waals surface area contributed by atoms with E-state index in [1.54, 1.807) is 0 Å². The van der Waals surface area contributed by atoms with Crippen LogP contribution < -0.4 is 5.73 Å². The molecule has 0 saturated carbocycles. The molecule has 2 aliphatic rings. The summed E-state index contributed by atoms with van der Waals surface area (Å²) < 4.78 is 11.5. The number of morpholine rings is 1. The lowest BCUT2D eigenvalue weighted by Gasteiger charge is -2.51. The van der Waals surface area contributed by atoms with E-state index in [1.165, 1.54) is 0 Å². The number of ether oxygens (including phenoxy) is 2. The van der Waals surface area contributed by atoms with E-state index < -0.39 is 0 Å². The molecule has 4 nitrogen and oxygen atoms in total. The van der Waals surface area contributed by atoms with Gasteiger partial charge in [-0.1, -0.05) is 0 Å². The molecule has 0 bridgehead atoms. The Morgan fingerprint density at radius 2 is 1.82 bits per heavy atom. The maximum Gasteiger partial charge on any atom is 0.0674 e. The Hall–Kier alpha value is -0.160. The second kappa shape index (κ2) is 5.22. The fourth-order valence-corrected chi connectivity index (χ4v) is 3.45. The second-order valence-corrected chi connectivity index (χ2v) is 5.72. The quantitative estimate of drug-likeness (QED) is 0.784. The molecule has 0 spiro atoms. The van der Waals surface area contributed by atoms with Gasteiger partial charge in [0.15, 0.2) is 0 Å². The molecule has 0 aliphatic carbocycles. The SMILES string of the molecule is CC1CN(C2(CN)CC(C)OC(C)C2)CCO1. The number of nitrogens with two attached hydrogens (primary N) is 1. The third kappa shape index (κ3) is 2.81. The van der Waals surface area contributed by atoms with Crippen molar-refractivity contribution < 1.29 is 9.47 Å². The summed E-state index contributed by atoms with van der Waals surface area (Å²) in [6.07, 6.45) is 3.02. The molecular formula is C13H26N2O2. The number of hydrogen-bond donors (Lipinski definition) is 1. The average Bonchev–Trinajstić information content (AvgIpc) is 2.27. The molecule has 2 aliphatic heterocycles. The third-order valence-electron chi connectivity index (χ3n) is 4.09. The van der Waals surface area contributed by atoms with E-state index in [0.717, 1.165) is 39.1 Å². The highest BCUT2D eigenvalue weighted by Gasteiger charge is 2.43. The van der Waals surface area contributed by atoms with Crippen molar-refractivity contribution >= 4 is 0 Å². The summed E-state index contributed by atoms with van der Waals surface area (Å²) in [6, 6.07) is 0. The van der Waals surface area contributed by atoms with Crippen LogP contribution in [0.5, 0.6) is 0 Å². The molecular weight excluding hydrogens is 216 g/mol. The van der Waals surface area contributed by atoms with E-state index in [1.807, 2.05) is 0 Å². The highest BCUT2D eigenvalue weighted by Crippen LogP contribution is 2.34. The maximum absolute atomic E-state index is 6.10. The number of nitrogens with zero attached hydrogens (tertiary/aromatic N) is 1. The Balaban J connectivity index is 2.11. The van der Waals surface area contributed by atoms with Gasteiger partial charge in [0.2, 0.25) is 0 Å². The predicted octanol–water partition coefficient (Wildman–Crippen LogP) is 0.992. The van der Waals surface area contributed by atoms with Crippen LogP contribution in [0.2, 0.25) is 0 Å². The van der Waals surface area contributed by atoms with Crippen molar-refractivity contribution in [2.45, 2.75) is 57.5 Å². The lowest BCUT2D eigenvalue weighted by atomic mass is 9.82. The summed E-state index contributed by atoms with van der Waals surface area (Å²) in [5, 5.41) is 0. The van der Waals surface area contributed by atoms with Gasteiger partial charge < -0.3 is 15.2 Å². The van der Waals surface area contributed by atoms with Crippen molar-refractivity contribution in [1.29, 1.82) is 0 Å². The molecule has 0 aromatic heterocycles. The number of hydrogen-bond acceptors (Lipinski definition) is 4. The maximum atomic E-state index is 6.10. The molecule has 0 aromatic rings. The molecule has 4 heteroatoms. The number of rotatable bonds is 2. The van der Waals surface area contributed by atoms with Crippen molar-refractivity contribution in [3.05, 3.63) is 0 Å². The van der Waals surface area contributed by atoms with Gasteiger partial charge in [-0.3, -0.25) is 4.90 Å². The van der Waals surface area contributed by atoms with Gasteiger partial charge in [0.1, 0.15) is 0 Å². The highest BCUT2D eigenvalue weighted by atomic mass is 16.5. The van der Waals surface area contributed by atoms with Crippen molar-refractivity contribution in [2.24, 2.45) is 5.73 Å². The van der Waals surface area contributed by atoms with Crippen molar-refractivity contribution in [3.8, 4) is 0 Å². The first kappa shape index (κ1) is 13.3. The zero-order valence-corrected chi connectivity index (χ0v) is 11.3. The fraction of sp³-hybridized carbons (Fsp3) is 1.00. The standard InChI is InChI=1S/C13H26N2O2/c1-10-6-13(9-14,7-11(2)17-10)15-4-5-16-12(3)8-15/h10-12H,4-9,14H2,1-3H3. The van der Waals surface area contributed by atoms with Crippen molar-refractivity contribution in [1.82, 2.24) is 4.90 Å². The molecule has 2 heterocycles. The van der Waals surface area contributed by atoms with Crippen molar-refractivity contribution in [3.63, 3.8) is 0 Å². The van der Waals surface area contributed by atoms with E-state index in [4.69, 9.17) is 15.2 Å². The molecule has 2 saturated heterocycles. The lowest BCUT2D eigenvalue weighted by Crippen LogP contribution is -2.63. The van der Waals surface area contributed by atoms with Gasteiger partial charge in [-0.25, -0.2) is 0 Å². The van der Waals surface area contributed by atoms with Gasteiger partial charge in [-0.15, -0.1) is 0 Å². The van der Waals surface area contributed by atoms with E-state index >= 15 is 0 Å². The minimum atomic E-state index is 0.120. The summed E-state index contributed by atoms with van der Waals surface area (Å²) >= 11 is 0. The Labute approximate surface area is 104 Å². The summed E-state index contributed by atoms with van der Waals surface area (Å²) in [5.41, 5.74) is 6.22. The van der Waals surface area contributed by atoms with Crippen LogP contribution in [-0.2, 0) is 9.47 Å². The molecule has 17 heavy (non-hydrogen) atoms. The first-order valence-corrected chi connectivity index (χ1v) is 6.78. The lowest BCUT2D eigenvalue weighted by molar-refractivity contribution is -0.132. The summed E-state index contributed by atoms with van der Waals surface area (Å²) in [7, 11) is 0. The van der Waals surface area contributed by atoms with Crippen LogP contribution in [0.1, 0.15) is 33.6 Å². The van der Waals surface area contributed by atoms with Crippen LogP contribution >= 0.6 is 0 Å². The zero-order chi connectivity index (χ0) is 12.5. The Bertz CT molecular complexity index is 250. The Morgan fingerprint density at radius 3 is 2.35 bits per heavy atom. The molecule has 3 atom stereocenters. The Morgan fingerprint density at radius 1 is 1.18 bits per heavy atom. The second-order valence-electron chi connectivity index (χ2n) is 5.72. The summed E-state index contributed by atoms with van der Waals surface area (Å²) in [4.78, 5) is 2.54. The molecule has 2 fully saturated rings. The molecule has 2 N–H and O–H groups in total. The molecule has 0 aromatic carbocycles. The third-order valence-corrected chi connectivity index (χ3v) is 4.09. The van der Waals surface area contributed by atoms with Crippen LogP contribution in [0.15, 0.2) is 0 Å². The van der Waals surface area contributed by atoms with Crippen LogP contribution in [0.25, 0.3) is 0 Å². The molecule has 0 radical (unpaired) electrons. The van der Waals surface area contributed by atoms with Gasteiger partial charge in [0.25, 0.3) is 0 Å². The smallest absolute Gasteiger partial charge is 0.0674 e. The van der Waals surface area contributed by atoms with Crippen LogP contribution in [0.3, 0.4) is 0 Å². The van der Waals surface area contributed by atoms with Gasteiger partial charge in [0, 0.05) is 25.2 Å². The van der Waals surface area contributed by atoms with E-state index in [2.05, 4.69) is 25.7 Å². The van der Waals surface area contributed by atoms with Gasteiger partial charge in [0.05, 0.1) is 24.9 Å². The molecule has 0 amide bonds. The topological polar surface area (TPSA) is 47.7 Å². The molecule has 2 rings (SSSR count). The molecule has 3 unspecified atom stereocenters. The first-order chi connectivity index (χ1) is 8.05. The highest BCUT2D eigenvalue weighted by molar-refractivity contribution is 4.98. The Kier molecular flexibility index (Phi) is 4.08. The van der Waals surface area contributed by atoms with E-state index in [-0.39, 0.29) is 5.54 Å². The predicted molar refractivity (Wildman–Crippen MR) is 68.0 cm³/mol. The van der Waals surface area contributed by atoms with E-state index in [0.29, 0.717) is 18.3 Å². The van der Waals surface area contributed by atoms with Crippen molar-refractivity contribution in [2.75, 3.05) is 26.2 Å². The summed E-state index contributed by atoms with van der Waals surface area (Å²) in [5.74, 6) is 0. The average molecular weight is 242 g/mol. The largest absolute Gasteiger partial charge is 0.376 e. The van der Waals surface area contributed by atoms with Crippen LogP contribution in [0.4, 0.5) is 0 Å². The normalized spacial score (nSPS) is 44.8. The minimum Gasteiger partial charge on any atom is -0.376 e. The minimum absolute atomic E-state index is 0.120.